The van der Waals surface area contributed by atoms with Crippen molar-refractivity contribution in [3.05, 3.63) is 29.3 Å². The van der Waals surface area contributed by atoms with Crippen LogP contribution in [0.3, 0.4) is 0 Å². The molecule has 0 aromatic heterocycles. The lowest BCUT2D eigenvalue weighted by Gasteiger charge is -2.24. The van der Waals surface area contributed by atoms with Crippen LogP contribution in [0.15, 0.2) is 18.2 Å². The predicted molar refractivity (Wildman–Crippen MR) is 88.0 cm³/mol. The normalized spacial score (nSPS) is 12.8. The van der Waals surface area contributed by atoms with Crippen LogP contribution in [-0.2, 0) is 15.5 Å². The van der Waals surface area contributed by atoms with Gasteiger partial charge in [0.25, 0.3) is 5.91 Å². The van der Waals surface area contributed by atoms with E-state index in [9.17, 15) is 26.4 Å². The van der Waals surface area contributed by atoms with Gasteiger partial charge in [-0.3, -0.25) is 4.79 Å². The molecule has 5 nitrogen and oxygen atoms in total. The van der Waals surface area contributed by atoms with Gasteiger partial charge in [-0.15, -0.1) is 0 Å². The van der Waals surface area contributed by atoms with Crippen molar-refractivity contribution in [2.75, 3.05) is 13.1 Å². The number of rotatable bonds is 5. The quantitative estimate of drug-likeness (QED) is 0.576. The number of amides is 1. The summed E-state index contributed by atoms with van der Waals surface area (Å²) < 4.78 is 64.7. The molecule has 0 atom stereocenters. The van der Waals surface area contributed by atoms with Gasteiger partial charge in [-0.2, -0.15) is 21.6 Å². The van der Waals surface area contributed by atoms with E-state index in [0.29, 0.717) is 18.7 Å². The summed E-state index contributed by atoms with van der Waals surface area (Å²) in [6, 6.07) is 3.91. The number of hydrogen-bond acceptors (Lipinski definition) is 4. The van der Waals surface area contributed by atoms with E-state index in [4.69, 9.17) is 0 Å². The van der Waals surface area contributed by atoms with Crippen molar-refractivity contribution in [1.82, 2.24) is 4.90 Å². The fraction of sp³-hybridized carbons (Fsp3) is 0.562. The van der Waals surface area contributed by atoms with Crippen LogP contribution in [0.25, 0.3) is 0 Å². The zero-order chi connectivity index (χ0) is 19.6. The van der Waals surface area contributed by atoms with Crippen molar-refractivity contribution in [3.63, 3.8) is 0 Å². The van der Waals surface area contributed by atoms with Crippen molar-refractivity contribution < 1.29 is 30.6 Å². The molecule has 0 bridgehead atoms. The number of benzene rings is 1. The molecule has 1 aromatic carbocycles. The van der Waals surface area contributed by atoms with Crippen LogP contribution in [-0.4, -0.2) is 37.8 Å². The zero-order valence-electron chi connectivity index (χ0n) is 14.8. The van der Waals surface area contributed by atoms with Crippen LogP contribution >= 0.6 is 0 Å². The Morgan fingerprint density at radius 2 is 1.64 bits per heavy atom. The molecular formula is C16H22F3NO4S. The van der Waals surface area contributed by atoms with E-state index in [-0.39, 0.29) is 11.0 Å². The number of nitrogens with zero attached hydrogens (tertiary/aromatic N) is 1. The number of carbonyl (C=O) groups is 1. The average molecular weight is 381 g/mol. The van der Waals surface area contributed by atoms with Gasteiger partial charge < -0.3 is 9.08 Å². The third-order valence-electron chi connectivity index (χ3n) is 3.61. The summed E-state index contributed by atoms with van der Waals surface area (Å²) in [7, 11) is -5.87. The maximum atomic E-state index is 12.6. The first-order chi connectivity index (χ1) is 11.2. The summed E-state index contributed by atoms with van der Waals surface area (Å²) in [4.78, 5) is 14.0. The molecule has 0 aliphatic rings. The molecule has 0 unspecified atom stereocenters. The Kier molecular flexibility index (Phi) is 6.15. The SMILES string of the molecule is CCN(CC)C(=O)c1cc(C(C)(C)C)ccc1OS(=O)(=O)C(F)(F)F. The molecule has 0 spiro atoms. The second-order valence-electron chi connectivity index (χ2n) is 6.42. The van der Waals surface area contributed by atoms with Crippen molar-refractivity contribution in [3.8, 4) is 5.75 Å². The summed E-state index contributed by atoms with van der Waals surface area (Å²) in [5.41, 5.74) is -5.52. The van der Waals surface area contributed by atoms with E-state index in [1.807, 2.05) is 20.8 Å². The van der Waals surface area contributed by atoms with Gasteiger partial charge in [0.1, 0.15) is 0 Å². The Balaban J connectivity index is 3.50. The predicted octanol–water partition coefficient (Wildman–Crippen LogP) is 3.69. The molecule has 25 heavy (non-hydrogen) atoms. The molecule has 142 valence electrons. The van der Waals surface area contributed by atoms with Gasteiger partial charge in [-0.25, -0.2) is 0 Å². The van der Waals surface area contributed by atoms with Gasteiger partial charge in [0, 0.05) is 13.1 Å². The topological polar surface area (TPSA) is 63.7 Å². The highest BCUT2D eigenvalue weighted by atomic mass is 32.2. The maximum Gasteiger partial charge on any atom is 0.534 e. The van der Waals surface area contributed by atoms with Crippen LogP contribution in [0.2, 0.25) is 0 Å². The fourth-order valence-corrected chi connectivity index (χ4v) is 2.56. The van der Waals surface area contributed by atoms with Crippen LogP contribution in [0.5, 0.6) is 5.75 Å². The second-order valence-corrected chi connectivity index (χ2v) is 7.96. The second kappa shape index (κ2) is 7.23. The highest BCUT2D eigenvalue weighted by molar-refractivity contribution is 7.88. The molecule has 1 rings (SSSR count). The molecular weight excluding hydrogens is 359 g/mol. The Hall–Kier alpha value is -1.77. The number of halogens is 3. The lowest BCUT2D eigenvalue weighted by molar-refractivity contribution is -0.0500. The first-order valence-electron chi connectivity index (χ1n) is 7.69. The van der Waals surface area contributed by atoms with Crippen LogP contribution in [0.4, 0.5) is 13.2 Å². The number of hydrogen-bond donors (Lipinski definition) is 0. The Labute approximate surface area is 145 Å². The molecule has 0 radical (unpaired) electrons. The molecule has 0 heterocycles. The van der Waals surface area contributed by atoms with Crippen molar-refractivity contribution in [2.24, 2.45) is 0 Å². The molecule has 1 amide bonds. The number of carbonyl (C=O) groups excluding carboxylic acids is 1. The standard InChI is InChI=1S/C16H22F3NO4S/c1-6-20(7-2)14(21)12-10-11(15(3,4)5)8-9-13(12)24-25(22,23)16(17,18)19/h8-10H,6-7H2,1-5H3. The van der Waals surface area contributed by atoms with Gasteiger partial charge >= 0.3 is 15.6 Å². The van der Waals surface area contributed by atoms with E-state index in [2.05, 4.69) is 4.18 Å². The summed E-state index contributed by atoms with van der Waals surface area (Å²) >= 11 is 0. The molecule has 9 heteroatoms. The van der Waals surface area contributed by atoms with Crippen LogP contribution < -0.4 is 4.18 Å². The Bertz CT molecular complexity index is 733. The monoisotopic (exact) mass is 381 g/mol. The van der Waals surface area contributed by atoms with E-state index < -0.39 is 27.3 Å². The minimum absolute atomic E-state index is 0.219. The lowest BCUT2D eigenvalue weighted by Crippen LogP contribution is -2.33. The molecule has 0 saturated carbocycles. The maximum absolute atomic E-state index is 12.6. The summed E-state index contributed by atoms with van der Waals surface area (Å²) in [5, 5.41) is 0. The van der Waals surface area contributed by atoms with E-state index in [1.165, 1.54) is 17.0 Å². The highest BCUT2D eigenvalue weighted by Gasteiger charge is 2.49. The van der Waals surface area contributed by atoms with Crippen molar-refractivity contribution >= 4 is 16.0 Å². The van der Waals surface area contributed by atoms with E-state index >= 15 is 0 Å². The van der Waals surface area contributed by atoms with Crippen LogP contribution in [0, 0.1) is 0 Å². The largest absolute Gasteiger partial charge is 0.534 e. The third-order valence-corrected chi connectivity index (χ3v) is 4.58. The summed E-state index contributed by atoms with van der Waals surface area (Å²) in [6.45, 7) is 9.65. The molecule has 0 saturated heterocycles. The summed E-state index contributed by atoms with van der Waals surface area (Å²) in [6.07, 6.45) is 0. The molecule has 0 N–H and O–H groups in total. The smallest absolute Gasteiger partial charge is 0.375 e. The van der Waals surface area contributed by atoms with Gasteiger partial charge in [-0.1, -0.05) is 26.8 Å². The lowest BCUT2D eigenvalue weighted by atomic mass is 9.86. The average Bonchev–Trinajstić information content (AvgIpc) is 2.46. The molecule has 0 aliphatic carbocycles. The van der Waals surface area contributed by atoms with Gasteiger partial charge in [0.2, 0.25) is 0 Å². The molecule has 0 fully saturated rings. The Morgan fingerprint density at radius 3 is 2.04 bits per heavy atom. The fourth-order valence-electron chi connectivity index (χ4n) is 2.08. The van der Waals surface area contributed by atoms with Crippen molar-refractivity contribution in [1.29, 1.82) is 0 Å². The third kappa shape index (κ3) is 4.87. The molecule has 0 aliphatic heterocycles. The highest BCUT2D eigenvalue weighted by Crippen LogP contribution is 2.32. The Morgan fingerprint density at radius 1 is 1.12 bits per heavy atom. The number of alkyl halides is 3. The minimum Gasteiger partial charge on any atom is -0.375 e. The van der Waals surface area contributed by atoms with Crippen molar-refractivity contribution in [2.45, 2.75) is 45.5 Å². The van der Waals surface area contributed by atoms with Crippen LogP contribution in [0.1, 0.15) is 50.5 Å². The van der Waals surface area contributed by atoms with Gasteiger partial charge in [0.15, 0.2) is 5.75 Å². The first-order valence-corrected chi connectivity index (χ1v) is 9.10. The molecule has 1 aromatic rings. The zero-order valence-corrected chi connectivity index (χ0v) is 15.6. The summed E-state index contributed by atoms with van der Waals surface area (Å²) in [5.74, 6) is -1.23. The van der Waals surface area contributed by atoms with E-state index in [0.717, 1.165) is 6.07 Å². The minimum atomic E-state index is -5.87. The van der Waals surface area contributed by atoms with Gasteiger partial charge in [0.05, 0.1) is 5.56 Å². The van der Waals surface area contributed by atoms with Gasteiger partial charge in [-0.05, 0) is 37.0 Å². The first kappa shape index (κ1) is 21.3. The van der Waals surface area contributed by atoms with E-state index in [1.54, 1.807) is 13.8 Å².